The number of carbonyl (C=O) groups is 1. The Bertz CT molecular complexity index is 446. The minimum atomic E-state index is -0.325. The zero-order chi connectivity index (χ0) is 14.5. The van der Waals surface area contributed by atoms with Crippen molar-refractivity contribution < 1.29 is 9.53 Å². The molecular formula is C13H19BrN4O2. The van der Waals surface area contributed by atoms with Crippen LogP contribution in [0.5, 0.6) is 0 Å². The van der Waals surface area contributed by atoms with Crippen molar-refractivity contribution >= 4 is 27.8 Å². The lowest BCUT2D eigenvalue weighted by Gasteiger charge is -2.32. The van der Waals surface area contributed by atoms with Crippen molar-refractivity contribution in [2.45, 2.75) is 19.9 Å². The molecule has 20 heavy (non-hydrogen) atoms. The van der Waals surface area contributed by atoms with Crippen LogP contribution in [0.4, 0.5) is 5.95 Å². The van der Waals surface area contributed by atoms with Gasteiger partial charge >= 0.3 is 0 Å². The van der Waals surface area contributed by atoms with Crippen LogP contribution in [0.1, 0.15) is 13.8 Å². The van der Waals surface area contributed by atoms with Crippen molar-refractivity contribution in [2.75, 3.05) is 31.6 Å². The summed E-state index contributed by atoms with van der Waals surface area (Å²) in [6.45, 7) is 6.51. The standard InChI is InChI=1S/C13H19BrN4O2/c1-9(2)11(12(19)18-3-5-20-6-4-18)17-13-15-7-10(14)8-16-13/h7-9,11H,3-6H2,1-2H3,(H,15,16,17). The average Bonchev–Trinajstić information content (AvgIpc) is 2.46. The molecular weight excluding hydrogens is 324 g/mol. The Morgan fingerprint density at radius 3 is 2.50 bits per heavy atom. The van der Waals surface area contributed by atoms with Crippen LogP contribution in [-0.2, 0) is 9.53 Å². The van der Waals surface area contributed by atoms with Gasteiger partial charge in [0.2, 0.25) is 11.9 Å². The number of hydrogen-bond donors (Lipinski definition) is 1. The van der Waals surface area contributed by atoms with Crippen molar-refractivity contribution in [3.63, 3.8) is 0 Å². The smallest absolute Gasteiger partial charge is 0.245 e. The van der Waals surface area contributed by atoms with Crippen LogP contribution in [0, 0.1) is 5.92 Å². The van der Waals surface area contributed by atoms with Gasteiger partial charge < -0.3 is 15.0 Å². The summed E-state index contributed by atoms with van der Waals surface area (Å²) in [4.78, 5) is 22.7. The molecule has 2 heterocycles. The molecule has 2 rings (SSSR count). The second-order valence-electron chi connectivity index (χ2n) is 5.03. The van der Waals surface area contributed by atoms with Gasteiger partial charge in [-0.05, 0) is 21.8 Å². The third kappa shape index (κ3) is 3.89. The van der Waals surface area contributed by atoms with Crippen molar-refractivity contribution in [1.82, 2.24) is 14.9 Å². The summed E-state index contributed by atoms with van der Waals surface area (Å²) in [6, 6.07) is -0.325. The number of hydrogen-bond acceptors (Lipinski definition) is 5. The summed E-state index contributed by atoms with van der Waals surface area (Å²) in [5.74, 6) is 0.695. The van der Waals surface area contributed by atoms with E-state index >= 15 is 0 Å². The SMILES string of the molecule is CC(C)C(Nc1ncc(Br)cn1)C(=O)N1CCOCC1. The van der Waals surface area contributed by atoms with Crippen molar-refractivity contribution in [3.05, 3.63) is 16.9 Å². The number of halogens is 1. The van der Waals surface area contributed by atoms with Crippen LogP contribution in [-0.4, -0.2) is 53.1 Å². The van der Waals surface area contributed by atoms with E-state index in [-0.39, 0.29) is 17.9 Å². The van der Waals surface area contributed by atoms with Crippen LogP contribution in [0.15, 0.2) is 16.9 Å². The lowest BCUT2D eigenvalue weighted by molar-refractivity contribution is -0.137. The first-order valence-corrected chi connectivity index (χ1v) is 7.48. The maximum atomic E-state index is 12.6. The van der Waals surface area contributed by atoms with Gasteiger partial charge in [-0.3, -0.25) is 4.79 Å². The van der Waals surface area contributed by atoms with Gasteiger partial charge in [0.25, 0.3) is 0 Å². The first-order valence-electron chi connectivity index (χ1n) is 6.68. The van der Waals surface area contributed by atoms with E-state index in [9.17, 15) is 4.79 Å². The summed E-state index contributed by atoms with van der Waals surface area (Å²) in [6.07, 6.45) is 3.32. The number of rotatable bonds is 4. The lowest BCUT2D eigenvalue weighted by atomic mass is 10.0. The zero-order valence-electron chi connectivity index (χ0n) is 11.7. The van der Waals surface area contributed by atoms with Crippen LogP contribution < -0.4 is 5.32 Å². The van der Waals surface area contributed by atoms with Crippen LogP contribution >= 0.6 is 15.9 Å². The molecule has 1 atom stereocenters. The molecule has 1 aromatic heterocycles. The molecule has 0 bridgehead atoms. The highest BCUT2D eigenvalue weighted by atomic mass is 79.9. The number of nitrogens with one attached hydrogen (secondary N) is 1. The first-order chi connectivity index (χ1) is 9.58. The Kier molecular flexibility index (Phi) is 5.31. The topological polar surface area (TPSA) is 67.4 Å². The zero-order valence-corrected chi connectivity index (χ0v) is 13.3. The molecule has 0 spiro atoms. The van der Waals surface area contributed by atoms with E-state index in [0.29, 0.717) is 32.3 Å². The molecule has 1 unspecified atom stereocenters. The molecule has 110 valence electrons. The fraction of sp³-hybridized carbons (Fsp3) is 0.615. The van der Waals surface area contributed by atoms with Crippen molar-refractivity contribution in [3.8, 4) is 0 Å². The van der Waals surface area contributed by atoms with Gasteiger partial charge in [0.15, 0.2) is 0 Å². The Morgan fingerprint density at radius 1 is 1.35 bits per heavy atom. The summed E-state index contributed by atoms with van der Waals surface area (Å²) in [7, 11) is 0. The van der Waals surface area contributed by atoms with Crippen molar-refractivity contribution in [2.24, 2.45) is 5.92 Å². The van der Waals surface area contributed by atoms with E-state index in [0.717, 1.165) is 4.47 Å². The number of anilines is 1. The largest absolute Gasteiger partial charge is 0.378 e. The monoisotopic (exact) mass is 342 g/mol. The third-order valence-electron chi connectivity index (χ3n) is 3.16. The summed E-state index contributed by atoms with van der Waals surface area (Å²) >= 11 is 3.29. The van der Waals surface area contributed by atoms with Gasteiger partial charge in [-0.15, -0.1) is 0 Å². The lowest BCUT2D eigenvalue weighted by Crippen LogP contribution is -2.50. The Labute approximate surface area is 127 Å². The fourth-order valence-corrected chi connectivity index (χ4v) is 2.22. The van der Waals surface area contributed by atoms with Crippen LogP contribution in [0.2, 0.25) is 0 Å². The van der Waals surface area contributed by atoms with Gasteiger partial charge in [-0.1, -0.05) is 13.8 Å². The average molecular weight is 343 g/mol. The number of morpholine rings is 1. The maximum Gasteiger partial charge on any atom is 0.245 e. The van der Waals surface area contributed by atoms with E-state index in [1.54, 1.807) is 12.4 Å². The Morgan fingerprint density at radius 2 is 1.95 bits per heavy atom. The van der Waals surface area contributed by atoms with E-state index in [2.05, 4.69) is 31.2 Å². The number of ether oxygens (including phenoxy) is 1. The molecule has 1 saturated heterocycles. The summed E-state index contributed by atoms with van der Waals surface area (Å²) in [5.41, 5.74) is 0. The molecule has 1 aliphatic rings. The van der Waals surface area contributed by atoms with Gasteiger partial charge in [0.05, 0.1) is 17.7 Å². The normalized spacial score (nSPS) is 17.1. The summed E-state index contributed by atoms with van der Waals surface area (Å²) < 4.78 is 6.09. The minimum Gasteiger partial charge on any atom is -0.378 e. The highest BCUT2D eigenvalue weighted by Crippen LogP contribution is 2.14. The van der Waals surface area contributed by atoms with Crippen LogP contribution in [0.25, 0.3) is 0 Å². The first kappa shape index (κ1) is 15.2. The number of nitrogens with zero attached hydrogens (tertiary/aromatic N) is 3. The molecule has 0 saturated carbocycles. The molecule has 1 N–H and O–H groups in total. The predicted octanol–water partition coefficient (Wildman–Crippen LogP) is 1.53. The summed E-state index contributed by atoms with van der Waals surface area (Å²) in [5, 5.41) is 3.13. The number of amides is 1. The maximum absolute atomic E-state index is 12.6. The highest BCUT2D eigenvalue weighted by molar-refractivity contribution is 9.10. The highest BCUT2D eigenvalue weighted by Gasteiger charge is 2.28. The second-order valence-corrected chi connectivity index (χ2v) is 5.94. The second kappa shape index (κ2) is 6.99. The quantitative estimate of drug-likeness (QED) is 0.898. The predicted molar refractivity (Wildman–Crippen MR) is 79.4 cm³/mol. The van der Waals surface area contributed by atoms with Gasteiger partial charge in [-0.2, -0.15) is 0 Å². The van der Waals surface area contributed by atoms with E-state index in [1.165, 1.54) is 0 Å². The molecule has 0 aromatic carbocycles. The minimum absolute atomic E-state index is 0.0785. The Balaban J connectivity index is 2.06. The molecule has 7 heteroatoms. The van der Waals surface area contributed by atoms with E-state index in [4.69, 9.17) is 4.74 Å². The molecule has 1 fully saturated rings. The van der Waals surface area contributed by atoms with Gasteiger partial charge in [0.1, 0.15) is 6.04 Å². The fourth-order valence-electron chi connectivity index (χ4n) is 2.02. The molecule has 0 aliphatic carbocycles. The van der Waals surface area contributed by atoms with Crippen molar-refractivity contribution in [1.29, 1.82) is 0 Å². The van der Waals surface area contributed by atoms with Gasteiger partial charge in [0, 0.05) is 25.5 Å². The number of aromatic nitrogens is 2. The van der Waals surface area contributed by atoms with E-state index in [1.807, 2.05) is 18.7 Å². The molecule has 1 aliphatic heterocycles. The molecule has 1 amide bonds. The molecule has 6 nitrogen and oxygen atoms in total. The Hall–Kier alpha value is -1.21. The molecule has 0 radical (unpaired) electrons. The third-order valence-corrected chi connectivity index (χ3v) is 3.57. The van der Waals surface area contributed by atoms with Gasteiger partial charge in [-0.25, -0.2) is 9.97 Å². The number of carbonyl (C=O) groups excluding carboxylic acids is 1. The van der Waals surface area contributed by atoms with E-state index < -0.39 is 0 Å². The molecule has 1 aromatic rings. The van der Waals surface area contributed by atoms with Crippen LogP contribution in [0.3, 0.4) is 0 Å².